The standard InChI is InChI=1S/C18H28N8.HI/c1-3-16-24-23-14-26(16)11-8-21-18(19-2)22-13-15-6-7-20-17(12-15)25-9-4-5-10-25;/h6-7,12,14H,3-5,8-11,13H2,1-2H3,(H2,19,21,22);1H. The minimum Gasteiger partial charge on any atom is -0.357 e. The zero-order valence-electron chi connectivity index (χ0n) is 16.1. The number of rotatable bonds is 7. The summed E-state index contributed by atoms with van der Waals surface area (Å²) in [5, 5.41) is 14.8. The number of hydrogen-bond acceptors (Lipinski definition) is 5. The van der Waals surface area contributed by atoms with Crippen molar-refractivity contribution in [2.45, 2.75) is 39.3 Å². The summed E-state index contributed by atoms with van der Waals surface area (Å²) in [6, 6.07) is 4.21. The van der Waals surface area contributed by atoms with Gasteiger partial charge in [0.1, 0.15) is 18.0 Å². The number of aromatic nitrogens is 4. The Bertz CT molecular complexity index is 724. The van der Waals surface area contributed by atoms with E-state index in [1.807, 2.05) is 12.3 Å². The van der Waals surface area contributed by atoms with E-state index in [-0.39, 0.29) is 24.0 Å². The maximum atomic E-state index is 4.50. The fraction of sp³-hybridized carbons (Fsp3) is 0.556. The summed E-state index contributed by atoms with van der Waals surface area (Å²) in [6.45, 7) is 6.59. The van der Waals surface area contributed by atoms with Gasteiger partial charge in [0.2, 0.25) is 0 Å². The third-order valence-corrected chi connectivity index (χ3v) is 4.58. The lowest BCUT2D eigenvalue weighted by Crippen LogP contribution is -2.38. The maximum Gasteiger partial charge on any atom is 0.191 e. The fourth-order valence-electron chi connectivity index (χ4n) is 3.13. The van der Waals surface area contributed by atoms with Crippen LogP contribution in [0.1, 0.15) is 31.2 Å². The smallest absolute Gasteiger partial charge is 0.191 e. The molecule has 0 unspecified atom stereocenters. The number of pyridine rings is 1. The van der Waals surface area contributed by atoms with Crippen LogP contribution in [0.4, 0.5) is 5.82 Å². The van der Waals surface area contributed by atoms with E-state index in [2.05, 4.69) is 53.3 Å². The van der Waals surface area contributed by atoms with E-state index in [0.29, 0.717) is 0 Å². The molecule has 0 bridgehead atoms. The van der Waals surface area contributed by atoms with E-state index >= 15 is 0 Å². The lowest BCUT2D eigenvalue weighted by molar-refractivity contribution is 0.632. The number of nitrogens with one attached hydrogen (secondary N) is 2. The van der Waals surface area contributed by atoms with Crippen LogP contribution in [0.2, 0.25) is 0 Å². The minimum atomic E-state index is 0. The van der Waals surface area contributed by atoms with Gasteiger partial charge in [-0.1, -0.05) is 6.92 Å². The largest absolute Gasteiger partial charge is 0.357 e. The van der Waals surface area contributed by atoms with Crippen LogP contribution in [0, 0.1) is 0 Å². The van der Waals surface area contributed by atoms with E-state index in [1.54, 1.807) is 13.4 Å². The van der Waals surface area contributed by atoms with Crippen molar-refractivity contribution in [3.8, 4) is 0 Å². The van der Waals surface area contributed by atoms with Crippen LogP contribution < -0.4 is 15.5 Å². The molecule has 0 radical (unpaired) electrons. The molecule has 2 N–H and O–H groups in total. The quantitative estimate of drug-likeness (QED) is 0.355. The summed E-state index contributed by atoms with van der Waals surface area (Å²) < 4.78 is 2.06. The Kier molecular flexibility index (Phi) is 8.76. The van der Waals surface area contributed by atoms with Crippen LogP contribution >= 0.6 is 24.0 Å². The molecule has 0 aromatic carbocycles. The lowest BCUT2D eigenvalue weighted by Gasteiger charge is -2.17. The average Bonchev–Trinajstić information content (AvgIpc) is 3.36. The first-order valence-corrected chi connectivity index (χ1v) is 9.31. The molecule has 3 heterocycles. The first-order chi connectivity index (χ1) is 12.8. The van der Waals surface area contributed by atoms with Crippen molar-refractivity contribution in [2.75, 3.05) is 31.6 Å². The molecule has 1 saturated heterocycles. The molecule has 0 saturated carbocycles. The number of anilines is 1. The first kappa shape index (κ1) is 21.4. The third kappa shape index (κ3) is 6.05. The molecule has 1 aliphatic rings. The van der Waals surface area contributed by atoms with E-state index in [0.717, 1.165) is 56.7 Å². The number of aryl methyl sites for hydroxylation is 1. The molecular weight excluding hydrogens is 455 g/mol. The van der Waals surface area contributed by atoms with Gasteiger partial charge in [-0.15, -0.1) is 34.2 Å². The van der Waals surface area contributed by atoms with Gasteiger partial charge in [0, 0.05) is 52.4 Å². The van der Waals surface area contributed by atoms with Crippen LogP contribution in [0.5, 0.6) is 0 Å². The van der Waals surface area contributed by atoms with Gasteiger partial charge in [0.25, 0.3) is 0 Å². The van der Waals surface area contributed by atoms with Crippen molar-refractivity contribution < 1.29 is 0 Å². The predicted octanol–water partition coefficient (Wildman–Crippen LogP) is 1.82. The SMILES string of the molecule is CCc1nncn1CCNC(=NC)NCc1ccnc(N2CCCC2)c1.I. The summed E-state index contributed by atoms with van der Waals surface area (Å²) in [5.41, 5.74) is 1.21. The zero-order chi connectivity index (χ0) is 18.2. The van der Waals surface area contributed by atoms with Crippen molar-refractivity contribution in [1.29, 1.82) is 0 Å². The molecule has 2 aromatic heterocycles. The minimum absolute atomic E-state index is 0. The summed E-state index contributed by atoms with van der Waals surface area (Å²) in [7, 11) is 1.79. The van der Waals surface area contributed by atoms with E-state index in [1.165, 1.54) is 18.4 Å². The summed E-state index contributed by atoms with van der Waals surface area (Å²) in [4.78, 5) is 11.1. The normalized spacial score (nSPS) is 14.1. The van der Waals surface area contributed by atoms with Crippen LogP contribution in [-0.4, -0.2) is 52.4 Å². The van der Waals surface area contributed by atoms with Gasteiger partial charge in [-0.05, 0) is 30.5 Å². The van der Waals surface area contributed by atoms with Crippen molar-refractivity contribution >= 4 is 35.8 Å². The number of guanidine groups is 1. The Balaban J connectivity index is 0.00000261. The van der Waals surface area contributed by atoms with Gasteiger partial charge in [0.05, 0.1) is 0 Å². The van der Waals surface area contributed by atoms with Gasteiger partial charge in [-0.2, -0.15) is 0 Å². The van der Waals surface area contributed by atoms with Crippen molar-refractivity contribution in [3.05, 3.63) is 36.0 Å². The summed E-state index contributed by atoms with van der Waals surface area (Å²) in [5.74, 6) is 2.86. The van der Waals surface area contributed by atoms with Gasteiger partial charge in [-0.25, -0.2) is 4.98 Å². The van der Waals surface area contributed by atoms with Gasteiger partial charge >= 0.3 is 0 Å². The lowest BCUT2D eigenvalue weighted by atomic mass is 10.2. The van der Waals surface area contributed by atoms with Crippen molar-refractivity contribution in [3.63, 3.8) is 0 Å². The number of nitrogens with zero attached hydrogens (tertiary/aromatic N) is 6. The Morgan fingerprint density at radius 2 is 2.07 bits per heavy atom. The average molecular weight is 484 g/mol. The predicted molar refractivity (Wildman–Crippen MR) is 119 cm³/mol. The molecule has 9 heteroatoms. The second kappa shape index (κ2) is 11.1. The molecule has 3 rings (SSSR count). The van der Waals surface area contributed by atoms with Gasteiger partial charge in [-0.3, -0.25) is 4.99 Å². The highest BCUT2D eigenvalue weighted by Gasteiger charge is 2.13. The number of halogens is 1. The second-order valence-electron chi connectivity index (χ2n) is 6.36. The molecule has 27 heavy (non-hydrogen) atoms. The van der Waals surface area contributed by atoms with Crippen LogP contribution in [0.15, 0.2) is 29.6 Å². The highest BCUT2D eigenvalue weighted by atomic mass is 127. The highest BCUT2D eigenvalue weighted by molar-refractivity contribution is 14.0. The molecule has 1 fully saturated rings. The molecule has 0 atom stereocenters. The Morgan fingerprint density at radius 3 is 2.81 bits per heavy atom. The van der Waals surface area contributed by atoms with E-state index < -0.39 is 0 Å². The monoisotopic (exact) mass is 484 g/mol. The topological polar surface area (TPSA) is 83.3 Å². The molecule has 1 aliphatic heterocycles. The highest BCUT2D eigenvalue weighted by Crippen LogP contribution is 2.18. The third-order valence-electron chi connectivity index (χ3n) is 4.58. The van der Waals surface area contributed by atoms with Crippen LogP contribution in [0.3, 0.4) is 0 Å². The fourth-order valence-corrected chi connectivity index (χ4v) is 3.13. The molecule has 0 amide bonds. The van der Waals surface area contributed by atoms with E-state index in [9.17, 15) is 0 Å². The summed E-state index contributed by atoms with van der Waals surface area (Å²) >= 11 is 0. The zero-order valence-corrected chi connectivity index (χ0v) is 18.4. The molecule has 2 aromatic rings. The first-order valence-electron chi connectivity index (χ1n) is 9.31. The summed E-state index contributed by atoms with van der Waals surface area (Å²) in [6.07, 6.45) is 7.06. The van der Waals surface area contributed by atoms with Crippen molar-refractivity contribution in [2.24, 2.45) is 4.99 Å². The molecule has 0 aliphatic carbocycles. The van der Waals surface area contributed by atoms with E-state index in [4.69, 9.17) is 0 Å². The molecule has 8 nitrogen and oxygen atoms in total. The van der Waals surface area contributed by atoms with Crippen LogP contribution in [-0.2, 0) is 19.5 Å². The molecule has 0 spiro atoms. The van der Waals surface area contributed by atoms with Crippen LogP contribution in [0.25, 0.3) is 0 Å². The maximum absolute atomic E-state index is 4.50. The molecular formula is C18H29IN8. The Hall–Kier alpha value is -1.91. The van der Waals surface area contributed by atoms with Crippen molar-refractivity contribution in [1.82, 2.24) is 30.4 Å². The van der Waals surface area contributed by atoms with Gasteiger partial charge in [0.15, 0.2) is 5.96 Å². The number of aliphatic imine (C=N–C) groups is 1. The Morgan fingerprint density at radius 1 is 1.26 bits per heavy atom. The Labute approximate surface area is 177 Å². The number of hydrogen-bond donors (Lipinski definition) is 2. The second-order valence-corrected chi connectivity index (χ2v) is 6.36. The van der Waals surface area contributed by atoms with Gasteiger partial charge < -0.3 is 20.1 Å². The molecule has 148 valence electrons.